The van der Waals surface area contributed by atoms with Crippen molar-refractivity contribution in [2.24, 2.45) is 0 Å². The van der Waals surface area contributed by atoms with E-state index in [0.717, 1.165) is 4.90 Å². The summed E-state index contributed by atoms with van der Waals surface area (Å²) in [6, 6.07) is 0. The number of rotatable bonds is 6. The maximum Gasteiger partial charge on any atom is 0.253 e. The summed E-state index contributed by atoms with van der Waals surface area (Å²) < 4.78 is 4.90. The van der Waals surface area contributed by atoms with Crippen molar-refractivity contribution in [1.82, 2.24) is 10.4 Å². The lowest BCUT2D eigenvalue weighted by Gasteiger charge is -2.15. The smallest absolute Gasteiger partial charge is 0.253 e. The minimum Gasteiger partial charge on any atom is -0.360 e. The van der Waals surface area contributed by atoms with Crippen LogP contribution in [0.4, 0.5) is 0 Å². The number of amides is 2. The normalized spacial score (nSPS) is 15.1. The Bertz CT molecular complexity index is 293. The van der Waals surface area contributed by atoms with E-state index in [1.165, 1.54) is 12.2 Å². The highest BCUT2D eigenvalue weighted by Gasteiger charge is 2.23. The summed E-state index contributed by atoms with van der Waals surface area (Å²) in [7, 11) is 0. The molecular weight excluding hydrogens is 200 g/mol. The SMILES string of the molecule is C=C(COCNO)CN1C(=O)C=CC1=O. The molecule has 0 aromatic rings. The van der Waals surface area contributed by atoms with Crippen molar-refractivity contribution in [2.45, 2.75) is 0 Å². The van der Waals surface area contributed by atoms with Crippen LogP contribution in [0.2, 0.25) is 0 Å². The summed E-state index contributed by atoms with van der Waals surface area (Å²) in [5.41, 5.74) is 2.39. The molecule has 0 saturated heterocycles. The highest BCUT2D eigenvalue weighted by atomic mass is 16.6. The Kier molecular flexibility index (Phi) is 4.17. The van der Waals surface area contributed by atoms with Crippen molar-refractivity contribution in [3.8, 4) is 0 Å². The van der Waals surface area contributed by atoms with Gasteiger partial charge in [-0.3, -0.25) is 14.5 Å². The zero-order valence-corrected chi connectivity index (χ0v) is 8.10. The second kappa shape index (κ2) is 5.40. The highest BCUT2D eigenvalue weighted by molar-refractivity contribution is 6.13. The van der Waals surface area contributed by atoms with Crippen LogP contribution in [0.15, 0.2) is 24.3 Å². The van der Waals surface area contributed by atoms with Crippen molar-refractivity contribution < 1.29 is 19.5 Å². The fourth-order valence-electron chi connectivity index (χ4n) is 1.10. The second-order valence-corrected chi connectivity index (χ2v) is 3.00. The van der Waals surface area contributed by atoms with Gasteiger partial charge >= 0.3 is 0 Å². The van der Waals surface area contributed by atoms with Crippen LogP contribution in [0.3, 0.4) is 0 Å². The number of carbonyl (C=O) groups is 2. The molecule has 0 unspecified atom stereocenters. The molecule has 1 aliphatic rings. The predicted molar refractivity (Wildman–Crippen MR) is 50.7 cm³/mol. The average molecular weight is 212 g/mol. The largest absolute Gasteiger partial charge is 0.360 e. The van der Waals surface area contributed by atoms with Gasteiger partial charge in [0.05, 0.1) is 13.2 Å². The minimum absolute atomic E-state index is 0.0286. The third-order valence-corrected chi connectivity index (χ3v) is 1.76. The molecule has 0 aromatic heterocycles. The second-order valence-electron chi connectivity index (χ2n) is 3.00. The molecule has 2 N–H and O–H groups in total. The first-order chi connectivity index (χ1) is 7.15. The van der Waals surface area contributed by atoms with Crippen LogP contribution >= 0.6 is 0 Å². The third kappa shape index (κ3) is 3.28. The number of ether oxygens (including phenoxy) is 1. The zero-order chi connectivity index (χ0) is 11.3. The van der Waals surface area contributed by atoms with Gasteiger partial charge in [-0.1, -0.05) is 6.58 Å². The van der Waals surface area contributed by atoms with Gasteiger partial charge in [-0.25, -0.2) is 0 Å². The first-order valence-electron chi connectivity index (χ1n) is 4.30. The summed E-state index contributed by atoms with van der Waals surface area (Å²) in [5, 5.41) is 8.21. The number of hydrogen-bond donors (Lipinski definition) is 2. The van der Waals surface area contributed by atoms with Crippen LogP contribution < -0.4 is 5.48 Å². The monoisotopic (exact) mass is 212 g/mol. The lowest BCUT2D eigenvalue weighted by molar-refractivity contribution is -0.136. The maximum atomic E-state index is 11.1. The molecule has 0 aliphatic carbocycles. The van der Waals surface area contributed by atoms with Gasteiger partial charge in [0.15, 0.2) is 0 Å². The van der Waals surface area contributed by atoms with Gasteiger partial charge in [-0.15, -0.1) is 0 Å². The predicted octanol–water partition coefficient (Wildman–Crippen LogP) is -0.580. The van der Waals surface area contributed by atoms with Crippen molar-refractivity contribution in [2.75, 3.05) is 19.9 Å². The highest BCUT2D eigenvalue weighted by Crippen LogP contribution is 2.06. The summed E-state index contributed by atoms with van der Waals surface area (Å²) in [6.45, 7) is 3.93. The fraction of sp³-hybridized carbons (Fsp3) is 0.333. The Morgan fingerprint density at radius 3 is 2.60 bits per heavy atom. The Balaban J connectivity index is 2.32. The van der Waals surface area contributed by atoms with E-state index in [1.54, 1.807) is 0 Å². The molecule has 6 heteroatoms. The topological polar surface area (TPSA) is 78.9 Å². The number of hydrogen-bond acceptors (Lipinski definition) is 5. The molecule has 0 atom stereocenters. The fourth-order valence-corrected chi connectivity index (χ4v) is 1.10. The first-order valence-corrected chi connectivity index (χ1v) is 4.30. The van der Waals surface area contributed by atoms with E-state index >= 15 is 0 Å². The van der Waals surface area contributed by atoms with Gasteiger partial charge in [0.2, 0.25) is 0 Å². The first kappa shape index (κ1) is 11.6. The summed E-state index contributed by atoms with van der Waals surface area (Å²) >= 11 is 0. The molecule has 2 amide bonds. The molecule has 0 spiro atoms. The number of nitrogens with zero attached hydrogens (tertiary/aromatic N) is 1. The van der Waals surface area contributed by atoms with Crippen molar-refractivity contribution in [1.29, 1.82) is 0 Å². The molecule has 1 rings (SSSR count). The lowest BCUT2D eigenvalue weighted by atomic mass is 10.3. The van der Waals surface area contributed by atoms with Crippen LogP contribution in [-0.4, -0.2) is 41.8 Å². The van der Waals surface area contributed by atoms with Gasteiger partial charge < -0.3 is 9.94 Å². The average Bonchev–Trinajstić information content (AvgIpc) is 2.50. The van der Waals surface area contributed by atoms with E-state index in [1.807, 2.05) is 5.48 Å². The lowest BCUT2D eigenvalue weighted by Crippen LogP contribution is -2.32. The van der Waals surface area contributed by atoms with Gasteiger partial charge in [-0.05, 0) is 5.57 Å². The van der Waals surface area contributed by atoms with Crippen molar-refractivity contribution in [3.63, 3.8) is 0 Å². The summed E-state index contributed by atoms with van der Waals surface area (Å²) in [5.74, 6) is -0.692. The molecular formula is C9H12N2O4. The van der Waals surface area contributed by atoms with Crippen molar-refractivity contribution >= 4 is 11.8 Å². The van der Waals surface area contributed by atoms with Crippen molar-refractivity contribution in [3.05, 3.63) is 24.3 Å². The van der Waals surface area contributed by atoms with Gasteiger partial charge in [0.25, 0.3) is 11.8 Å². The van der Waals surface area contributed by atoms with Crippen LogP contribution in [-0.2, 0) is 14.3 Å². The van der Waals surface area contributed by atoms with Crippen LogP contribution in [0.25, 0.3) is 0 Å². The quantitative estimate of drug-likeness (QED) is 0.202. The number of hydroxylamine groups is 1. The molecule has 82 valence electrons. The van der Waals surface area contributed by atoms with E-state index < -0.39 is 0 Å². The molecule has 15 heavy (non-hydrogen) atoms. The molecule has 0 saturated carbocycles. The Morgan fingerprint density at radius 2 is 2.07 bits per heavy atom. The number of carbonyl (C=O) groups excluding carboxylic acids is 2. The Morgan fingerprint density at radius 1 is 1.47 bits per heavy atom. The van der Waals surface area contributed by atoms with Crippen LogP contribution in [0.1, 0.15) is 0 Å². The molecule has 1 heterocycles. The van der Waals surface area contributed by atoms with E-state index in [2.05, 4.69) is 6.58 Å². The minimum atomic E-state index is -0.346. The van der Waals surface area contributed by atoms with Crippen LogP contribution in [0.5, 0.6) is 0 Å². The van der Waals surface area contributed by atoms with E-state index in [9.17, 15) is 9.59 Å². The summed E-state index contributed by atoms with van der Waals surface area (Å²) in [4.78, 5) is 23.3. The summed E-state index contributed by atoms with van der Waals surface area (Å²) in [6.07, 6.45) is 2.43. The molecule has 0 fully saturated rings. The molecule has 0 bridgehead atoms. The standard InChI is InChI=1S/C9H12N2O4/c1-7(5-15-6-10-14)4-11-8(12)2-3-9(11)13/h2-3,10,14H,1,4-6H2. The third-order valence-electron chi connectivity index (χ3n) is 1.76. The number of nitrogens with one attached hydrogen (secondary N) is 1. The van der Waals surface area contributed by atoms with E-state index in [4.69, 9.17) is 9.94 Å². The molecule has 6 nitrogen and oxygen atoms in total. The van der Waals surface area contributed by atoms with Gasteiger partial charge in [0, 0.05) is 12.2 Å². The Hall–Kier alpha value is -1.50. The van der Waals surface area contributed by atoms with E-state index in [-0.39, 0.29) is 31.7 Å². The van der Waals surface area contributed by atoms with Gasteiger partial charge in [-0.2, -0.15) is 5.48 Å². The molecule has 0 aromatic carbocycles. The zero-order valence-electron chi connectivity index (χ0n) is 8.10. The van der Waals surface area contributed by atoms with Crippen LogP contribution in [0, 0.1) is 0 Å². The van der Waals surface area contributed by atoms with Gasteiger partial charge in [0.1, 0.15) is 6.73 Å². The van der Waals surface area contributed by atoms with E-state index in [0.29, 0.717) is 5.57 Å². The Labute approximate surface area is 86.8 Å². The maximum absolute atomic E-state index is 11.1. The molecule has 1 aliphatic heterocycles. The molecule has 0 radical (unpaired) electrons. The number of imide groups is 1.